The molecule has 1 aliphatic carbocycles. The number of aromatic hydroxyl groups is 1. The number of thiophene rings is 1. The molecule has 39 heavy (non-hydrogen) atoms. The molecule has 0 radical (unpaired) electrons. The Morgan fingerprint density at radius 3 is 2.74 bits per heavy atom. The molecule has 0 spiro atoms. The Labute approximate surface area is 231 Å². The van der Waals surface area contributed by atoms with Gasteiger partial charge in [-0.3, -0.25) is 14.5 Å². The Morgan fingerprint density at radius 2 is 2.05 bits per heavy atom. The number of fused-ring (bicyclic) bond motifs is 3. The first-order valence-electron chi connectivity index (χ1n) is 13.5. The zero-order chi connectivity index (χ0) is 27.7. The van der Waals surface area contributed by atoms with Crippen molar-refractivity contribution in [3.63, 3.8) is 0 Å². The lowest BCUT2D eigenvalue weighted by Gasteiger charge is -2.43. The van der Waals surface area contributed by atoms with Crippen LogP contribution in [0.3, 0.4) is 0 Å². The van der Waals surface area contributed by atoms with Gasteiger partial charge in [-0.25, -0.2) is 4.39 Å². The minimum atomic E-state index is -1.08. The third-order valence-corrected chi connectivity index (χ3v) is 8.99. The molecule has 1 aromatic heterocycles. The van der Waals surface area contributed by atoms with E-state index in [2.05, 4.69) is 6.92 Å². The van der Waals surface area contributed by atoms with E-state index < -0.39 is 36.6 Å². The number of phenols is 1. The van der Waals surface area contributed by atoms with Crippen LogP contribution < -0.4 is 0 Å². The topological polar surface area (TPSA) is 107 Å². The molecule has 2 aromatic rings. The van der Waals surface area contributed by atoms with Crippen molar-refractivity contribution in [3.05, 3.63) is 68.7 Å². The van der Waals surface area contributed by atoms with E-state index in [1.54, 1.807) is 6.07 Å². The minimum absolute atomic E-state index is 0.201. The Bertz CT molecular complexity index is 1290. The zero-order valence-electron chi connectivity index (χ0n) is 21.9. The summed E-state index contributed by atoms with van der Waals surface area (Å²) < 4.78 is 19.9. The van der Waals surface area contributed by atoms with Crippen molar-refractivity contribution in [2.24, 2.45) is 17.8 Å². The highest BCUT2D eigenvalue weighted by molar-refractivity contribution is 7.09. The smallest absolute Gasteiger partial charge is 0.455 e. The number of aliphatic hydroxyl groups is 1. The number of amides is 2. The first-order chi connectivity index (χ1) is 18.8. The monoisotopic (exact) mass is 553 g/mol. The summed E-state index contributed by atoms with van der Waals surface area (Å²) in [7, 11) is -1.08. The predicted molar refractivity (Wildman–Crippen MR) is 147 cm³/mol. The van der Waals surface area contributed by atoms with Crippen LogP contribution in [-0.4, -0.2) is 51.8 Å². The van der Waals surface area contributed by atoms with Gasteiger partial charge in [-0.05, 0) is 78.2 Å². The number of carbonyl (C=O) groups excluding carboxylic acids is 2. The van der Waals surface area contributed by atoms with Gasteiger partial charge in [-0.2, -0.15) is 0 Å². The van der Waals surface area contributed by atoms with Gasteiger partial charge in [0.1, 0.15) is 0 Å². The average molecular weight is 553 g/mol. The number of carbonyl (C=O) groups is 2. The highest BCUT2D eigenvalue weighted by Crippen LogP contribution is 2.50. The van der Waals surface area contributed by atoms with E-state index in [9.17, 15) is 29.2 Å². The van der Waals surface area contributed by atoms with Crippen molar-refractivity contribution in [2.75, 3.05) is 6.61 Å². The van der Waals surface area contributed by atoms with Crippen LogP contribution in [0.2, 0.25) is 6.32 Å². The molecule has 0 bridgehead atoms. The number of aliphatic hydroxyl groups excluding tert-OH is 1. The molecule has 0 unspecified atom stereocenters. The molecular weight excluding hydrogens is 520 g/mol. The zero-order valence-corrected chi connectivity index (χ0v) is 22.7. The molecule has 2 saturated heterocycles. The van der Waals surface area contributed by atoms with Crippen LogP contribution in [0, 0.1) is 23.6 Å². The fourth-order valence-corrected chi connectivity index (χ4v) is 7.14. The molecular formula is C29H33BFNO6S. The number of allylic oxidation sites excluding steroid dienone is 1. The number of hydrogen-bond donors (Lipinski definition) is 3. The second kappa shape index (κ2) is 11.8. The lowest BCUT2D eigenvalue weighted by molar-refractivity contribution is -0.140. The van der Waals surface area contributed by atoms with Crippen LogP contribution in [0.5, 0.6) is 5.75 Å². The van der Waals surface area contributed by atoms with E-state index in [0.717, 1.165) is 34.4 Å². The van der Waals surface area contributed by atoms with Crippen LogP contribution in [0.15, 0.2) is 52.4 Å². The number of rotatable bonds is 9. The first-order valence-corrected chi connectivity index (χ1v) is 14.4. The number of benzene rings is 1. The summed E-state index contributed by atoms with van der Waals surface area (Å²) in [5.74, 6) is -3.00. The maximum absolute atomic E-state index is 13.9. The standard InChI is InChI=1S/C29H33BFNO6S/c1-2-4-17(11-18-6-8-24(34)23(31)12-18)7-9-25-26-19(16-33)13-21-27(22(26)14-30(37)38-25)29(36)32(28(21)35)15-20-5-3-10-39-20/h3,5-6,8,10-12,21-22,25,27,33-34,37H,2,4,7,9,13-16H2,1H3/b17-11+/t21-,22+,25-,27-/m1/s1. The molecule has 7 nitrogen and oxygen atoms in total. The summed E-state index contributed by atoms with van der Waals surface area (Å²) in [6.07, 6.45) is 4.68. The summed E-state index contributed by atoms with van der Waals surface area (Å²) >= 11 is 1.50. The quantitative estimate of drug-likeness (QED) is 0.239. The van der Waals surface area contributed by atoms with Gasteiger partial charge in [0.15, 0.2) is 11.6 Å². The van der Waals surface area contributed by atoms with Crippen molar-refractivity contribution in [2.45, 2.75) is 58.0 Å². The summed E-state index contributed by atoms with van der Waals surface area (Å²) in [6.45, 7) is 2.06. The van der Waals surface area contributed by atoms with E-state index in [1.807, 2.05) is 23.6 Å². The molecule has 3 heterocycles. The number of likely N-dealkylation sites (tertiary alicyclic amines) is 1. The maximum atomic E-state index is 13.9. The SMILES string of the molecule is CCC/C(=C\c1ccc(O)c(F)c1)CC[C@H]1OB(O)C[C@H]2C1=C(CO)C[C@H]1C(=O)N(Cc3cccs3)C(=O)[C@H]12. The Morgan fingerprint density at radius 1 is 1.23 bits per heavy atom. The Hall–Kier alpha value is -2.79. The van der Waals surface area contributed by atoms with Gasteiger partial charge < -0.3 is 19.9 Å². The maximum Gasteiger partial charge on any atom is 0.455 e. The molecule has 2 fully saturated rings. The van der Waals surface area contributed by atoms with Crippen molar-refractivity contribution < 1.29 is 33.9 Å². The van der Waals surface area contributed by atoms with Gasteiger partial charge in [0.25, 0.3) is 0 Å². The van der Waals surface area contributed by atoms with E-state index in [0.29, 0.717) is 24.8 Å². The fraction of sp³-hybridized carbons (Fsp3) is 0.448. The number of hydrogen-bond acceptors (Lipinski definition) is 7. The summed E-state index contributed by atoms with van der Waals surface area (Å²) in [5, 5.41) is 32.4. The van der Waals surface area contributed by atoms with E-state index >= 15 is 0 Å². The van der Waals surface area contributed by atoms with Crippen LogP contribution >= 0.6 is 11.3 Å². The van der Waals surface area contributed by atoms with Crippen LogP contribution in [0.1, 0.15) is 49.5 Å². The normalized spacial score (nSPS) is 25.4. The number of nitrogens with zero attached hydrogens (tertiary/aromatic N) is 1. The van der Waals surface area contributed by atoms with Crippen molar-refractivity contribution in [1.29, 1.82) is 0 Å². The fourth-order valence-electron chi connectivity index (χ4n) is 6.45. The van der Waals surface area contributed by atoms with Gasteiger partial charge >= 0.3 is 7.12 Å². The van der Waals surface area contributed by atoms with Crippen LogP contribution in [-0.2, 0) is 20.8 Å². The van der Waals surface area contributed by atoms with Crippen molar-refractivity contribution >= 4 is 36.3 Å². The van der Waals surface area contributed by atoms with Gasteiger partial charge in [0.2, 0.25) is 11.8 Å². The predicted octanol–water partition coefficient (Wildman–Crippen LogP) is 4.55. The minimum Gasteiger partial charge on any atom is -0.505 e. The highest BCUT2D eigenvalue weighted by atomic mass is 32.1. The Balaban J connectivity index is 1.39. The van der Waals surface area contributed by atoms with Gasteiger partial charge in [0.05, 0.1) is 31.1 Å². The van der Waals surface area contributed by atoms with E-state index in [4.69, 9.17) is 4.65 Å². The molecule has 0 saturated carbocycles. The largest absolute Gasteiger partial charge is 0.505 e. The van der Waals surface area contributed by atoms with E-state index in [1.165, 1.54) is 28.4 Å². The molecule has 5 rings (SSSR count). The molecule has 4 atom stereocenters. The number of imide groups is 1. The molecule has 10 heteroatoms. The molecule has 206 valence electrons. The van der Waals surface area contributed by atoms with Crippen LogP contribution in [0.25, 0.3) is 6.08 Å². The van der Waals surface area contributed by atoms with Crippen molar-refractivity contribution in [3.8, 4) is 5.75 Å². The molecule has 2 aliphatic heterocycles. The molecule has 1 aromatic carbocycles. The molecule has 2 amide bonds. The van der Waals surface area contributed by atoms with Gasteiger partial charge in [-0.1, -0.05) is 37.1 Å². The van der Waals surface area contributed by atoms with E-state index in [-0.39, 0.29) is 37.2 Å². The second-order valence-corrected chi connectivity index (χ2v) is 11.7. The number of halogens is 1. The second-order valence-electron chi connectivity index (χ2n) is 10.6. The van der Waals surface area contributed by atoms with Gasteiger partial charge in [0, 0.05) is 4.88 Å². The Kier molecular flexibility index (Phi) is 8.37. The third-order valence-electron chi connectivity index (χ3n) is 8.13. The summed E-state index contributed by atoms with van der Waals surface area (Å²) in [6, 6.07) is 8.07. The van der Waals surface area contributed by atoms with Gasteiger partial charge in [-0.15, -0.1) is 11.3 Å². The van der Waals surface area contributed by atoms with Crippen LogP contribution in [0.4, 0.5) is 4.39 Å². The average Bonchev–Trinajstić information content (AvgIpc) is 3.51. The lowest BCUT2D eigenvalue weighted by Crippen LogP contribution is -2.46. The summed E-state index contributed by atoms with van der Waals surface area (Å²) in [5.41, 5.74) is 3.28. The highest BCUT2D eigenvalue weighted by Gasteiger charge is 2.57. The molecule has 3 N–H and O–H groups in total. The molecule has 3 aliphatic rings. The van der Waals surface area contributed by atoms with Crippen molar-refractivity contribution in [1.82, 2.24) is 4.90 Å². The summed E-state index contributed by atoms with van der Waals surface area (Å²) in [4.78, 5) is 29.2. The number of phenolic OH excluding ortho intramolecular Hbond substituents is 1. The third kappa shape index (κ3) is 5.61. The first kappa shape index (κ1) is 27.8. The lowest BCUT2D eigenvalue weighted by atomic mass is 9.58.